The van der Waals surface area contributed by atoms with Crippen molar-refractivity contribution < 1.29 is 14.3 Å². The maximum atomic E-state index is 13.0. The highest BCUT2D eigenvalue weighted by Crippen LogP contribution is 2.30. The Morgan fingerprint density at radius 2 is 2.00 bits per heavy atom. The van der Waals surface area contributed by atoms with Crippen LogP contribution in [0.4, 0.5) is 5.69 Å². The highest BCUT2D eigenvalue weighted by Gasteiger charge is 2.25. The fourth-order valence-electron chi connectivity index (χ4n) is 2.66. The molecule has 2 aromatic rings. The van der Waals surface area contributed by atoms with Crippen molar-refractivity contribution in [2.24, 2.45) is 4.99 Å². The van der Waals surface area contributed by atoms with E-state index in [-0.39, 0.29) is 12.5 Å². The molecule has 1 aliphatic heterocycles. The summed E-state index contributed by atoms with van der Waals surface area (Å²) in [6.07, 6.45) is 0. The van der Waals surface area contributed by atoms with Gasteiger partial charge in [0.2, 0.25) is 0 Å². The smallest absolute Gasteiger partial charge is 0.256 e. The fraction of sp³-hybridized carbons (Fsp3) is 0.222. The lowest BCUT2D eigenvalue weighted by Gasteiger charge is -2.22. The number of carbonyl (C=O) groups is 1. The van der Waals surface area contributed by atoms with E-state index in [1.807, 2.05) is 18.2 Å². The van der Waals surface area contributed by atoms with Crippen LogP contribution in [0.5, 0.6) is 11.5 Å². The van der Waals surface area contributed by atoms with Crippen molar-refractivity contribution in [3.8, 4) is 11.5 Å². The summed E-state index contributed by atoms with van der Waals surface area (Å²) in [5.74, 6) is 1.21. The van der Waals surface area contributed by atoms with Gasteiger partial charge >= 0.3 is 0 Å². The first-order valence-corrected chi connectivity index (χ1v) is 8.71. The molecule has 0 aliphatic carbocycles. The maximum Gasteiger partial charge on any atom is 0.256 e. The second-order valence-corrected chi connectivity index (χ2v) is 6.84. The molecule has 0 bridgehead atoms. The van der Waals surface area contributed by atoms with Crippen molar-refractivity contribution in [1.82, 2.24) is 4.90 Å². The third-order valence-electron chi connectivity index (χ3n) is 3.89. The van der Waals surface area contributed by atoms with Crippen molar-refractivity contribution in [2.45, 2.75) is 6.54 Å². The molecule has 25 heavy (non-hydrogen) atoms. The molecule has 0 aromatic heterocycles. The van der Waals surface area contributed by atoms with E-state index in [0.29, 0.717) is 34.5 Å². The number of rotatable bonds is 4. The van der Waals surface area contributed by atoms with Crippen LogP contribution in [0, 0.1) is 0 Å². The van der Waals surface area contributed by atoms with Crippen LogP contribution in [0.1, 0.15) is 15.9 Å². The monoisotopic (exact) mass is 422 g/mol. The molecule has 0 N–H and O–H groups in total. The summed E-state index contributed by atoms with van der Waals surface area (Å²) in [5.41, 5.74) is 1.94. The number of carbonyl (C=O) groups excluding carboxylic acids is 1. The molecule has 130 valence electrons. The second kappa shape index (κ2) is 7.45. The van der Waals surface area contributed by atoms with Gasteiger partial charge in [-0.3, -0.25) is 4.79 Å². The van der Waals surface area contributed by atoms with Crippen molar-refractivity contribution in [3.63, 3.8) is 0 Å². The van der Waals surface area contributed by atoms with Gasteiger partial charge in [0.05, 0.1) is 38.6 Å². The number of ether oxygens (including phenoxy) is 2. The molecule has 2 aromatic carbocycles. The van der Waals surface area contributed by atoms with Crippen LogP contribution in [-0.4, -0.2) is 36.7 Å². The summed E-state index contributed by atoms with van der Waals surface area (Å²) < 4.78 is 11.5. The Balaban J connectivity index is 1.95. The first-order chi connectivity index (χ1) is 12.0. The van der Waals surface area contributed by atoms with E-state index < -0.39 is 0 Å². The number of hydrogen-bond donors (Lipinski definition) is 0. The number of amides is 1. The lowest BCUT2D eigenvalue weighted by Crippen LogP contribution is -2.33. The number of hydrogen-bond acceptors (Lipinski definition) is 4. The van der Waals surface area contributed by atoms with Gasteiger partial charge in [-0.15, -0.1) is 0 Å². The van der Waals surface area contributed by atoms with Gasteiger partial charge in [-0.05, 0) is 30.3 Å². The maximum absolute atomic E-state index is 13.0. The minimum Gasteiger partial charge on any atom is -0.497 e. The Labute approximate surface area is 159 Å². The highest BCUT2D eigenvalue weighted by atomic mass is 79.9. The molecule has 0 atom stereocenters. The quantitative estimate of drug-likeness (QED) is 0.733. The van der Waals surface area contributed by atoms with Crippen LogP contribution in [0.3, 0.4) is 0 Å². The predicted molar refractivity (Wildman–Crippen MR) is 101 cm³/mol. The third kappa shape index (κ3) is 3.80. The number of halogens is 2. The second-order valence-electron chi connectivity index (χ2n) is 5.49. The lowest BCUT2D eigenvalue weighted by molar-refractivity contribution is 0.0771. The van der Waals surface area contributed by atoms with E-state index in [4.69, 9.17) is 21.1 Å². The van der Waals surface area contributed by atoms with Crippen LogP contribution in [0.2, 0.25) is 0 Å². The minimum absolute atomic E-state index is 0.131. The zero-order valence-corrected chi connectivity index (χ0v) is 16.1. The molecular weight excluding hydrogens is 408 g/mol. The topological polar surface area (TPSA) is 51.1 Å². The lowest BCUT2D eigenvalue weighted by atomic mass is 10.1. The number of fused-ring (bicyclic) bond motifs is 1. The van der Waals surface area contributed by atoms with E-state index in [2.05, 4.69) is 20.9 Å². The molecular formula is C18H16BrClN2O3. The molecule has 0 fully saturated rings. The predicted octanol–water partition coefficient (Wildman–Crippen LogP) is 4.39. The molecule has 1 heterocycles. The van der Waals surface area contributed by atoms with Crippen LogP contribution >= 0.6 is 27.5 Å². The van der Waals surface area contributed by atoms with Crippen molar-refractivity contribution >= 4 is 44.3 Å². The molecule has 3 rings (SSSR count). The number of benzene rings is 2. The van der Waals surface area contributed by atoms with Crippen LogP contribution in [0.25, 0.3) is 0 Å². The Morgan fingerprint density at radius 3 is 2.72 bits per heavy atom. The molecule has 0 unspecified atom stereocenters. The minimum atomic E-state index is -0.131. The van der Waals surface area contributed by atoms with Gasteiger partial charge in [-0.1, -0.05) is 27.5 Å². The molecule has 1 amide bonds. The summed E-state index contributed by atoms with van der Waals surface area (Å²) >= 11 is 9.63. The van der Waals surface area contributed by atoms with Gasteiger partial charge < -0.3 is 14.4 Å². The normalized spacial score (nSPS) is 13.8. The Morgan fingerprint density at radius 1 is 1.20 bits per heavy atom. The standard InChI is InChI=1S/C18H16BrClN2O3/c1-24-13-5-3-11(16(8-13)25-2)9-22-10-17(20)21-15-6-4-12(19)7-14(15)18(22)23/h3-8H,9-10H2,1-2H3. The van der Waals surface area contributed by atoms with E-state index >= 15 is 0 Å². The van der Waals surface area contributed by atoms with Crippen molar-refractivity contribution in [3.05, 3.63) is 52.0 Å². The SMILES string of the molecule is COc1ccc(CN2CC(Cl)=Nc3ccc(Br)cc3C2=O)c(OC)c1. The summed E-state index contributed by atoms with van der Waals surface area (Å²) in [4.78, 5) is 19.0. The first kappa shape index (κ1) is 17.8. The van der Waals surface area contributed by atoms with E-state index in [0.717, 1.165) is 10.0 Å². The molecule has 0 saturated carbocycles. The van der Waals surface area contributed by atoms with Gasteiger partial charge in [-0.25, -0.2) is 4.99 Å². The van der Waals surface area contributed by atoms with Gasteiger partial charge in [0.1, 0.15) is 16.7 Å². The Hall–Kier alpha value is -2.05. The van der Waals surface area contributed by atoms with E-state index in [1.54, 1.807) is 37.3 Å². The summed E-state index contributed by atoms with van der Waals surface area (Å²) in [6.45, 7) is 0.589. The van der Waals surface area contributed by atoms with Crippen LogP contribution in [-0.2, 0) is 6.54 Å². The summed E-state index contributed by atoms with van der Waals surface area (Å²) in [6, 6.07) is 10.9. The van der Waals surface area contributed by atoms with E-state index in [9.17, 15) is 4.79 Å². The summed E-state index contributed by atoms with van der Waals surface area (Å²) in [7, 11) is 3.18. The van der Waals surface area contributed by atoms with Gasteiger partial charge in [0.15, 0.2) is 0 Å². The zero-order valence-electron chi connectivity index (χ0n) is 13.8. The molecule has 1 aliphatic rings. The highest BCUT2D eigenvalue weighted by molar-refractivity contribution is 9.10. The first-order valence-electron chi connectivity index (χ1n) is 7.54. The Kier molecular flexibility index (Phi) is 5.30. The average Bonchev–Trinajstić information content (AvgIpc) is 2.72. The van der Waals surface area contributed by atoms with Gasteiger partial charge in [0, 0.05) is 16.1 Å². The Bertz CT molecular complexity index is 854. The van der Waals surface area contributed by atoms with E-state index in [1.165, 1.54) is 0 Å². The number of nitrogens with zero attached hydrogens (tertiary/aromatic N) is 2. The molecule has 7 heteroatoms. The van der Waals surface area contributed by atoms with Crippen molar-refractivity contribution in [2.75, 3.05) is 20.8 Å². The number of aliphatic imine (C=N–C) groups is 1. The van der Waals surface area contributed by atoms with Gasteiger partial charge in [-0.2, -0.15) is 0 Å². The summed E-state index contributed by atoms with van der Waals surface area (Å²) in [5, 5.41) is 0.363. The molecule has 0 spiro atoms. The molecule has 5 nitrogen and oxygen atoms in total. The van der Waals surface area contributed by atoms with Crippen LogP contribution < -0.4 is 9.47 Å². The largest absolute Gasteiger partial charge is 0.497 e. The van der Waals surface area contributed by atoms with Crippen molar-refractivity contribution in [1.29, 1.82) is 0 Å². The van der Waals surface area contributed by atoms with Gasteiger partial charge in [0.25, 0.3) is 5.91 Å². The van der Waals surface area contributed by atoms with Crippen LogP contribution in [0.15, 0.2) is 45.9 Å². The average molecular weight is 424 g/mol. The molecule has 0 radical (unpaired) electrons. The third-order valence-corrected chi connectivity index (χ3v) is 4.59. The fourth-order valence-corrected chi connectivity index (χ4v) is 3.25. The number of methoxy groups -OCH3 is 2. The zero-order chi connectivity index (χ0) is 18.0. The molecule has 0 saturated heterocycles.